The number of hydrogen-bond donors (Lipinski definition) is 6. The normalized spacial score (nSPS) is 17.8. The predicted molar refractivity (Wildman–Crippen MR) is 114 cm³/mol. The van der Waals surface area contributed by atoms with Crippen LogP contribution in [0.25, 0.3) is 0 Å². The van der Waals surface area contributed by atoms with Crippen LogP contribution in [0.5, 0.6) is 0 Å². The van der Waals surface area contributed by atoms with Gasteiger partial charge in [0.25, 0.3) is 0 Å². The molecule has 2 rings (SSSR count). The fourth-order valence-corrected chi connectivity index (χ4v) is 3.98. The maximum atomic E-state index is 14.3. The van der Waals surface area contributed by atoms with Crippen molar-refractivity contribution in [3.05, 3.63) is 70.3 Å². The maximum absolute atomic E-state index is 14.3. The number of benzene rings is 2. The third kappa shape index (κ3) is 7.17. The summed E-state index contributed by atoms with van der Waals surface area (Å²) in [5.74, 6) is -9.79. The Kier molecular flexibility index (Phi) is 10.7. The minimum atomic E-state index is -2.18. The number of aryl methyl sites for hydroxylation is 1. The summed E-state index contributed by atoms with van der Waals surface area (Å²) in [5.41, 5.74) is -0.614. The summed E-state index contributed by atoms with van der Waals surface area (Å²) in [6.45, 7) is 0.474. The number of rotatable bonds is 12. The Morgan fingerprint density at radius 3 is 1.58 bits per heavy atom. The lowest BCUT2D eigenvalue weighted by molar-refractivity contribution is -0.152. The number of halogens is 6. The Bertz CT molecular complexity index is 1030. The molecule has 0 saturated carbocycles. The molecular weight excluding hydrogens is 498 g/mol. The van der Waals surface area contributed by atoms with E-state index >= 15 is 0 Å². The van der Waals surface area contributed by atoms with Crippen molar-refractivity contribution >= 4 is 0 Å². The highest BCUT2D eigenvalue weighted by atomic mass is 19.2. The maximum Gasteiger partial charge on any atom is 0.161 e. The zero-order valence-electron chi connectivity index (χ0n) is 19.1. The molecule has 6 N–H and O–H groups in total. The van der Waals surface area contributed by atoms with Crippen molar-refractivity contribution in [2.24, 2.45) is 11.8 Å². The van der Waals surface area contributed by atoms with Crippen LogP contribution in [-0.2, 0) is 12.8 Å². The molecule has 0 aliphatic carbocycles. The molecular formula is C24H28F6O6. The molecule has 0 aliphatic rings. The number of aliphatic hydroxyl groups excluding tert-OH is 6. The van der Waals surface area contributed by atoms with E-state index in [1.54, 1.807) is 0 Å². The van der Waals surface area contributed by atoms with E-state index in [2.05, 4.69) is 0 Å². The molecule has 36 heavy (non-hydrogen) atoms. The van der Waals surface area contributed by atoms with Gasteiger partial charge < -0.3 is 30.6 Å². The highest BCUT2D eigenvalue weighted by Crippen LogP contribution is 2.30. The van der Waals surface area contributed by atoms with Crippen molar-refractivity contribution in [1.82, 2.24) is 0 Å². The van der Waals surface area contributed by atoms with Gasteiger partial charge in [-0.25, -0.2) is 26.3 Å². The molecule has 0 amide bonds. The quantitative estimate of drug-likeness (QED) is 0.185. The zero-order chi connectivity index (χ0) is 27.3. The Hall–Kier alpha value is -2.22. The van der Waals surface area contributed by atoms with Gasteiger partial charge >= 0.3 is 0 Å². The van der Waals surface area contributed by atoms with E-state index in [-0.39, 0.29) is 24.5 Å². The minimum Gasteiger partial charge on any atom is -0.394 e. The van der Waals surface area contributed by atoms with Crippen molar-refractivity contribution in [1.29, 1.82) is 0 Å². The van der Waals surface area contributed by atoms with Crippen molar-refractivity contribution < 1.29 is 57.0 Å². The lowest BCUT2D eigenvalue weighted by Gasteiger charge is -2.35. The summed E-state index contributed by atoms with van der Waals surface area (Å²) >= 11 is 0. The monoisotopic (exact) mass is 526 g/mol. The fourth-order valence-electron chi connectivity index (χ4n) is 3.98. The molecule has 0 saturated heterocycles. The van der Waals surface area contributed by atoms with Gasteiger partial charge in [0.2, 0.25) is 0 Å². The van der Waals surface area contributed by atoms with Gasteiger partial charge in [-0.3, -0.25) is 0 Å². The van der Waals surface area contributed by atoms with Crippen LogP contribution >= 0.6 is 0 Å². The summed E-state index contributed by atoms with van der Waals surface area (Å²) < 4.78 is 82.1. The molecule has 7 atom stereocenters. The molecule has 12 heteroatoms. The van der Waals surface area contributed by atoms with Crippen molar-refractivity contribution in [2.45, 2.75) is 56.7 Å². The van der Waals surface area contributed by atoms with Gasteiger partial charge in [-0.1, -0.05) is 6.92 Å². The number of aliphatic hydroxyl groups is 6. The first-order valence-corrected chi connectivity index (χ1v) is 11.1. The van der Waals surface area contributed by atoms with Gasteiger partial charge in [0.05, 0.1) is 12.7 Å². The van der Waals surface area contributed by atoms with Crippen LogP contribution in [-0.4, -0.2) is 67.8 Å². The molecule has 2 aromatic carbocycles. The molecule has 0 aliphatic heterocycles. The largest absolute Gasteiger partial charge is 0.394 e. The van der Waals surface area contributed by atoms with Crippen molar-refractivity contribution in [2.75, 3.05) is 6.61 Å². The SMILES string of the molecule is CC(CCc1cc(F)c(F)cc1F)C(Cc1cc(F)c(F)cc1F)C(O)[C@@H](O)[C@@H](O)[C@H](O)[C@@H](O)CO. The number of hydrogen-bond acceptors (Lipinski definition) is 6. The molecule has 0 radical (unpaired) electrons. The Morgan fingerprint density at radius 1 is 0.611 bits per heavy atom. The van der Waals surface area contributed by atoms with Gasteiger partial charge in [0.1, 0.15) is 36.1 Å². The van der Waals surface area contributed by atoms with Gasteiger partial charge in [-0.2, -0.15) is 0 Å². The second kappa shape index (κ2) is 12.8. The highest BCUT2D eigenvalue weighted by molar-refractivity contribution is 5.22. The highest BCUT2D eigenvalue weighted by Gasteiger charge is 2.39. The second-order valence-corrected chi connectivity index (χ2v) is 8.81. The van der Waals surface area contributed by atoms with Gasteiger partial charge in [-0.05, 0) is 54.4 Å². The molecule has 0 bridgehead atoms. The molecule has 6 nitrogen and oxygen atoms in total. The summed E-state index contributed by atoms with van der Waals surface area (Å²) in [6, 6.07) is 1.82. The van der Waals surface area contributed by atoms with Gasteiger partial charge in [-0.15, -0.1) is 0 Å². The molecule has 202 valence electrons. The van der Waals surface area contributed by atoms with Crippen LogP contribution in [0.1, 0.15) is 24.5 Å². The Morgan fingerprint density at radius 2 is 1.06 bits per heavy atom. The summed E-state index contributed by atoms with van der Waals surface area (Å²) in [7, 11) is 0. The first-order chi connectivity index (χ1) is 16.8. The van der Waals surface area contributed by atoms with E-state index in [4.69, 9.17) is 5.11 Å². The average molecular weight is 526 g/mol. The van der Waals surface area contributed by atoms with Crippen LogP contribution in [0.2, 0.25) is 0 Å². The van der Waals surface area contributed by atoms with E-state index in [1.807, 2.05) is 0 Å². The Labute approximate surface area is 203 Å². The minimum absolute atomic E-state index is 0.0559. The summed E-state index contributed by atoms with van der Waals surface area (Å²) in [5, 5.41) is 59.7. The van der Waals surface area contributed by atoms with Crippen LogP contribution in [0.3, 0.4) is 0 Å². The lowest BCUT2D eigenvalue weighted by atomic mass is 9.77. The van der Waals surface area contributed by atoms with Crippen LogP contribution in [0, 0.1) is 46.7 Å². The first kappa shape index (κ1) is 30.0. The van der Waals surface area contributed by atoms with E-state index in [1.165, 1.54) is 6.92 Å². The van der Waals surface area contributed by atoms with E-state index in [0.29, 0.717) is 18.2 Å². The van der Waals surface area contributed by atoms with Crippen LogP contribution < -0.4 is 0 Å². The zero-order valence-corrected chi connectivity index (χ0v) is 19.1. The van der Waals surface area contributed by atoms with E-state index in [0.717, 1.165) is 0 Å². The smallest absolute Gasteiger partial charge is 0.161 e. The molecule has 0 aromatic heterocycles. The van der Waals surface area contributed by atoms with E-state index < -0.39 is 95.9 Å². The molecule has 2 aromatic rings. The lowest BCUT2D eigenvalue weighted by Crippen LogP contribution is -2.52. The average Bonchev–Trinajstić information content (AvgIpc) is 2.84. The van der Waals surface area contributed by atoms with Crippen molar-refractivity contribution in [3.8, 4) is 0 Å². The van der Waals surface area contributed by atoms with Crippen molar-refractivity contribution in [3.63, 3.8) is 0 Å². The van der Waals surface area contributed by atoms with Gasteiger partial charge in [0, 0.05) is 12.1 Å². The summed E-state index contributed by atoms with van der Waals surface area (Å²) in [4.78, 5) is 0. The topological polar surface area (TPSA) is 121 Å². The Balaban J connectivity index is 2.33. The molecule has 0 fully saturated rings. The molecule has 0 heterocycles. The molecule has 3 unspecified atom stereocenters. The fraction of sp³-hybridized carbons (Fsp3) is 0.500. The predicted octanol–water partition coefficient (Wildman–Crippen LogP) is 1.75. The summed E-state index contributed by atoms with van der Waals surface area (Å²) in [6.07, 6.45) is -11.0. The first-order valence-electron chi connectivity index (χ1n) is 11.1. The third-order valence-electron chi connectivity index (χ3n) is 6.30. The second-order valence-electron chi connectivity index (χ2n) is 8.81. The standard InChI is InChI=1S/C24H28F6O6/c1-10(2-3-11-5-16(27)18(29)7-14(11)25)13(4-12-6-17(28)19(30)8-15(12)26)21(33)23(35)24(36)22(34)20(32)9-31/h5-8,10,13,20-24,31-36H,2-4,9H2,1H3/t10?,13?,20-,21?,22+,23+,24-/m0/s1. The van der Waals surface area contributed by atoms with Gasteiger partial charge in [0.15, 0.2) is 23.3 Å². The molecule has 0 spiro atoms. The van der Waals surface area contributed by atoms with E-state index in [9.17, 15) is 51.9 Å². The third-order valence-corrected chi connectivity index (χ3v) is 6.30. The van der Waals surface area contributed by atoms with Crippen LogP contribution in [0.4, 0.5) is 26.3 Å². The van der Waals surface area contributed by atoms with Crippen LogP contribution in [0.15, 0.2) is 24.3 Å².